The van der Waals surface area contributed by atoms with Gasteiger partial charge in [0.15, 0.2) is 5.78 Å². The molecule has 0 fully saturated rings. The van der Waals surface area contributed by atoms with Crippen molar-refractivity contribution in [2.24, 2.45) is 5.73 Å². The third-order valence-electron chi connectivity index (χ3n) is 5.28. The fourth-order valence-electron chi connectivity index (χ4n) is 3.63. The predicted molar refractivity (Wildman–Crippen MR) is 121 cm³/mol. The zero-order valence-electron chi connectivity index (χ0n) is 18.0. The molecule has 9 heteroatoms. The molecular formula is C24H22ClF2N3O3. The molecule has 1 atom stereocenters. The Kier molecular flexibility index (Phi) is 7.28. The number of halogens is 3. The maximum atomic E-state index is 14.8. The van der Waals surface area contributed by atoms with E-state index in [1.807, 2.05) is 0 Å². The average Bonchev–Trinajstić information content (AvgIpc) is 3.20. The number of rotatable bonds is 8. The van der Waals surface area contributed by atoms with Crippen molar-refractivity contribution in [1.82, 2.24) is 10.3 Å². The highest BCUT2D eigenvalue weighted by Gasteiger charge is 2.28. The van der Waals surface area contributed by atoms with Crippen molar-refractivity contribution in [2.45, 2.75) is 32.7 Å². The van der Waals surface area contributed by atoms with Crippen LogP contribution in [0, 0.1) is 18.6 Å². The van der Waals surface area contributed by atoms with Gasteiger partial charge in [0.05, 0.1) is 23.7 Å². The van der Waals surface area contributed by atoms with Crippen molar-refractivity contribution in [3.8, 4) is 11.1 Å². The highest BCUT2D eigenvalue weighted by Crippen LogP contribution is 2.35. The zero-order chi connectivity index (χ0) is 24.3. The fourth-order valence-corrected chi connectivity index (χ4v) is 3.83. The van der Waals surface area contributed by atoms with Crippen LogP contribution in [0.2, 0.25) is 5.02 Å². The van der Waals surface area contributed by atoms with Gasteiger partial charge in [-0.2, -0.15) is 0 Å². The molecule has 1 aromatic heterocycles. The van der Waals surface area contributed by atoms with Crippen LogP contribution in [0.3, 0.4) is 0 Å². The molecule has 1 heterocycles. The lowest BCUT2D eigenvalue weighted by Gasteiger charge is -2.19. The van der Waals surface area contributed by atoms with Crippen LogP contribution in [0.5, 0.6) is 0 Å². The van der Waals surface area contributed by atoms with Gasteiger partial charge in [-0.15, -0.1) is 0 Å². The van der Waals surface area contributed by atoms with Gasteiger partial charge in [-0.25, -0.2) is 8.78 Å². The summed E-state index contributed by atoms with van der Waals surface area (Å²) in [6.07, 6.45) is 1.12. The lowest BCUT2D eigenvalue weighted by atomic mass is 9.93. The van der Waals surface area contributed by atoms with Crippen LogP contribution >= 0.6 is 11.6 Å². The predicted octanol–water partition coefficient (Wildman–Crippen LogP) is 4.86. The minimum atomic E-state index is -0.833. The smallest absolute Gasteiger partial charge is 0.253 e. The molecule has 0 bridgehead atoms. The van der Waals surface area contributed by atoms with Gasteiger partial charge in [0.1, 0.15) is 11.6 Å². The number of Topliss-reactive ketones (excluding diaryl/α,β-unsaturated/α-hetero) is 1. The summed E-state index contributed by atoms with van der Waals surface area (Å²) in [7, 11) is 0. The van der Waals surface area contributed by atoms with Crippen molar-refractivity contribution in [3.63, 3.8) is 0 Å². The van der Waals surface area contributed by atoms with E-state index < -0.39 is 29.5 Å². The Balaban J connectivity index is 2.12. The molecule has 172 valence electrons. The maximum absolute atomic E-state index is 14.8. The molecular weight excluding hydrogens is 452 g/mol. The van der Waals surface area contributed by atoms with E-state index in [9.17, 15) is 23.2 Å². The summed E-state index contributed by atoms with van der Waals surface area (Å²) in [6.45, 7) is 2.98. The van der Waals surface area contributed by atoms with Crippen molar-refractivity contribution < 1.29 is 23.2 Å². The van der Waals surface area contributed by atoms with Crippen LogP contribution in [0.15, 0.2) is 42.6 Å². The van der Waals surface area contributed by atoms with E-state index >= 15 is 0 Å². The zero-order valence-corrected chi connectivity index (χ0v) is 18.7. The maximum Gasteiger partial charge on any atom is 0.253 e. The van der Waals surface area contributed by atoms with Crippen LogP contribution in [-0.4, -0.2) is 22.6 Å². The van der Waals surface area contributed by atoms with Gasteiger partial charge in [0.2, 0.25) is 5.91 Å². The Morgan fingerprint density at radius 2 is 1.82 bits per heavy atom. The van der Waals surface area contributed by atoms with Crippen molar-refractivity contribution >= 4 is 29.2 Å². The standard InChI is InChI=1S/C24H22ClF2N3O3/c1-3-19(31)23-22(21-12(2)16(26)7-8-17(21)27)15(11-29-23)24(33)30-18(10-20(28)32)13-5-4-6-14(25)9-13/h4-9,11,18,29H,3,10H2,1-2H3,(H2,28,32)(H,30,33). The van der Waals surface area contributed by atoms with Crippen molar-refractivity contribution in [2.75, 3.05) is 0 Å². The van der Waals surface area contributed by atoms with Crippen LogP contribution < -0.4 is 11.1 Å². The number of aromatic nitrogens is 1. The second-order valence-corrected chi connectivity index (χ2v) is 7.95. The van der Waals surface area contributed by atoms with Crippen LogP contribution in [-0.2, 0) is 4.79 Å². The first-order valence-electron chi connectivity index (χ1n) is 10.2. The molecule has 33 heavy (non-hydrogen) atoms. The number of hydrogen-bond acceptors (Lipinski definition) is 3. The summed E-state index contributed by atoms with van der Waals surface area (Å²) in [5.41, 5.74) is 5.53. The number of carbonyl (C=O) groups is 3. The van der Waals surface area contributed by atoms with Crippen LogP contribution in [0.25, 0.3) is 11.1 Å². The first-order valence-corrected chi connectivity index (χ1v) is 10.6. The van der Waals surface area contributed by atoms with Gasteiger partial charge >= 0.3 is 0 Å². The van der Waals surface area contributed by atoms with E-state index in [-0.39, 0.29) is 46.6 Å². The number of H-pyrrole nitrogens is 1. The molecule has 4 N–H and O–H groups in total. The van der Waals surface area contributed by atoms with E-state index in [4.69, 9.17) is 17.3 Å². The Hall–Kier alpha value is -3.52. The quantitative estimate of drug-likeness (QED) is 0.407. The number of nitrogens with two attached hydrogens (primary N) is 1. The molecule has 2 aromatic carbocycles. The molecule has 0 radical (unpaired) electrons. The Morgan fingerprint density at radius 1 is 1.12 bits per heavy atom. The lowest BCUT2D eigenvalue weighted by molar-refractivity contribution is -0.118. The number of nitrogens with one attached hydrogen (secondary N) is 2. The summed E-state index contributed by atoms with van der Waals surface area (Å²) in [5.74, 6) is -3.21. The molecule has 0 aliphatic rings. The van der Waals surface area contributed by atoms with Gasteiger partial charge in [-0.3, -0.25) is 14.4 Å². The van der Waals surface area contributed by atoms with Gasteiger partial charge in [0.25, 0.3) is 5.91 Å². The monoisotopic (exact) mass is 473 g/mol. The molecule has 0 saturated carbocycles. The molecule has 2 amide bonds. The van der Waals surface area contributed by atoms with Crippen LogP contribution in [0.1, 0.15) is 57.8 Å². The Bertz CT molecular complexity index is 1240. The fraction of sp³-hybridized carbons (Fsp3) is 0.208. The topological polar surface area (TPSA) is 105 Å². The van der Waals surface area contributed by atoms with Gasteiger partial charge in [0, 0.05) is 28.8 Å². The number of primary amides is 1. The number of aromatic amines is 1. The molecule has 0 aliphatic carbocycles. The highest BCUT2D eigenvalue weighted by atomic mass is 35.5. The van der Waals surface area contributed by atoms with Crippen LogP contribution in [0.4, 0.5) is 8.78 Å². The summed E-state index contributed by atoms with van der Waals surface area (Å²) in [4.78, 5) is 40.2. The summed E-state index contributed by atoms with van der Waals surface area (Å²) in [5, 5.41) is 3.09. The highest BCUT2D eigenvalue weighted by molar-refractivity contribution is 6.30. The molecule has 0 aliphatic heterocycles. The van der Waals surface area contributed by atoms with E-state index in [1.54, 1.807) is 31.2 Å². The first-order chi connectivity index (χ1) is 15.6. The second kappa shape index (κ2) is 9.95. The Labute approximate surface area is 194 Å². The van der Waals surface area contributed by atoms with E-state index in [0.29, 0.717) is 10.6 Å². The van der Waals surface area contributed by atoms with E-state index in [1.165, 1.54) is 13.1 Å². The lowest BCUT2D eigenvalue weighted by Crippen LogP contribution is -2.32. The van der Waals surface area contributed by atoms with Gasteiger partial charge in [-0.1, -0.05) is 30.7 Å². The number of ketones is 1. The average molecular weight is 474 g/mol. The molecule has 3 rings (SSSR count). The van der Waals surface area contributed by atoms with Gasteiger partial charge in [-0.05, 0) is 42.3 Å². The molecule has 1 unspecified atom stereocenters. The number of benzene rings is 2. The minimum Gasteiger partial charge on any atom is -0.370 e. The largest absolute Gasteiger partial charge is 0.370 e. The molecule has 0 saturated heterocycles. The molecule has 6 nitrogen and oxygen atoms in total. The number of amides is 2. The molecule has 0 spiro atoms. The van der Waals surface area contributed by atoms with Gasteiger partial charge < -0.3 is 16.0 Å². The van der Waals surface area contributed by atoms with Crippen molar-refractivity contribution in [1.29, 1.82) is 0 Å². The minimum absolute atomic E-state index is 0.00976. The normalized spacial score (nSPS) is 11.8. The SMILES string of the molecule is CCC(=O)c1[nH]cc(C(=O)NC(CC(N)=O)c2cccc(Cl)c2)c1-c1c(F)ccc(F)c1C. The summed E-state index contributed by atoms with van der Waals surface area (Å²) in [6, 6.07) is 7.62. The summed E-state index contributed by atoms with van der Waals surface area (Å²) >= 11 is 6.04. The molecule has 3 aromatic rings. The van der Waals surface area contributed by atoms with Crippen molar-refractivity contribution in [3.05, 3.63) is 81.6 Å². The third-order valence-corrected chi connectivity index (χ3v) is 5.52. The Morgan fingerprint density at radius 3 is 2.45 bits per heavy atom. The second-order valence-electron chi connectivity index (χ2n) is 7.51. The third kappa shape index (κ3) is 5.12. The number of hydrogen-bond donors (Lipinski definition) is 3. The van der Waals surface area contributed by atoms with E-state index in [0.717, 1.165) is 12.1 Å². The number of carbonyl (C=O) groups excluding carboxylic acids is 3. The summed E-state index contributed by atoms with van der Waals surface area (Å²) < 4.78 is 29.1. The van der Waals surface area contributed by atoms with E-state index in [2.05, 4.69) is 10.3 Å². The first kappa shape index (κ1) is 24.1.